The molecule has 1 saturated carbocycles. The Balaban J connectivity index is 2.18. The highest BCUT2D eigenvalue weighted by Crippen LogP contribution is 2.25. The molecule has 1 aliphatic rings. The number of hydrogen-bond acceptors (Lipinski definition) is 3. The van der Waals surface area contributed by atoms with Gasteiger partial charge in [0.15, 0.2) is 23.3 Å². The summed E-state index contributed by atoms with van der Waals surface area (Å²) in [5.41, 5.74) is 0. The molecule has 16 heavy (non-hydrogen) atoms. The number of nitrogens with one attached hydrogen (secondary N) is 2. The van der Waals surface area contributed by atoms with Crippen molar-refractivity contribution in [1.82, 2.24) is 4.98 Å². The fourth-order valence-corrected chi connectivity index (χ4v) is 1.61. The summed E-state index contributed by atoms with van der Waals surface area (Å²) in [6.45, 7) is 2.39. The molecule has 5 heteroatoms. The van der Waals surface area contributed by atoms with E-state index in [2.05, 4.69) is 15.6 Å². The van der Waals surface area contributed by atoms with Crippen LogP contribution in [-0.4, -0.2) is 17.6 Å². The van der Waals surface area contributed by atoms with Crippen LogP contribution in [0.5, 0.6) is 0 Å². The number of pyridine rings is 1. The van der Waals surface area contributed by atoms with Crippen molar-refractivity contribution < 1.29 is 8.78 Å². The van der Waals surface area contributed by atoms with Crippen molar-refractivity contribution in [2.24, 2.45) is 0 Å². The number of hydrogen-bond donors (Lipinski definition) is 2. The summed E-state index contributed by atoms with van der Waals surface area (Å²) in [4.78, 5) is 3.91. The summed E-state index contributed by atoms with van der Waals surface area (Å²) >= 11 is 0. The molecule has 0 aromatic carbocycles. The third-order valence-electron chi connectivity index (χ3n) is 2.72. The Bertz CT molecular complexity index is 378. The fourth-order valence-electron chi connectivity index (χ4n) is 1.61. The van der Waals surface area contributed by atoms with Crippen LogP contribution in [0.25, 0.3) is 0 Å². The lowest BCUT2D eigenvalue weighted by molar-refractivity contribution is 0.441. The average Bonchev–Trinajstić information content (AvgIpc) is 2.18. The number of anilines is 2. The zero-order chi connectivity index (χ0) is 11.5. The highest BCUT2D eigenvalue weighted by molar-refractivity contribution is 5.48. The van der Waals surface area contributed by atoms with Gasteiger partial charge in [-0.1, -0.05) is 0 Å². The molecule has 2 rings (SSSR count). The van der Waals surface area contributed by atoms with Crippen LogP contribution < -0.4 is 10.6 Å². The third-order valence-corrected chi connectivity index (χ3v) is 2.72. The second-order valence-corrected chi connectivity index (χ2v) is 3.95. The molecule has 1 aromatic heterocycles. The quantitative estimate of drug-likeness (QED) is 0.830. The van der Waals surface area contributed by atoms with Gasteiger partial charge >= 0.3 is 0 Å². The van der Waals surface area contributed by atoms with E-state index in [0.717, 1.165) is 25.3 Å². The number of nitrogens with zero attached hydrogens (tertiary/aromatic N) is 1. The van der Waals surface area contributed by atoms with Gasteiger partial charge in [0.1, 0.15) is 0 Å². The van der Waals surface area contributed by atoms with E-state index >= 15 is 0 Å². The zero-order valence-electron chi connectivity index (χ0n) is 9.19. The lowest BCUT2D eigenvalue weighted by Gasteiger charge is -2.27. The second kappa shape index (κ2) is 4.63. The van der Waals surface area contributed by atoms with E-state index in [0.29, 0.717) is 6.54 Å². The number of aromatic nitrogens is 1. The van der Waals surface area contributed by atoms with Crippen molar-refractivity contribution in [2.75, 3.05) is 17.2 Å². The van der Waals surface area contributed by atoms with E-state index in [9.17, 15) is 8.78 Å². The van der Waals surface area contributed by atoms with Gasteiger partial charge in [0.25, 0.3) is 0 Å². The summed E-state index contributed by atoms with van der Waals surface area (Å²) < 4.78 is 26.7. The molecule has 0 atom stereocenters. The summed E-state index contributed by atoms with van der Waals surface area (Å²) in [6, 6.07) is 1.15. The van der Waals surface area contributed by atoms with E-state index in [-0.39, 0.29) is 17.7 Å². The van der Waals surface area contributed by atoms with Crippen LogP contribution in [-0.2, 0) is 0 Å². The topological polar surface area (TPSA) is 37.0 Å². The van der Waals surface area contributed by atoms with Gasteiger partial charge in [0, 0.05) is 18.7 Å². The van der Waals surface area contributed by atoms with Gasteiger partial charge < -0.3 is 10.6 Å². The predicted molar refractivity (Wildman–Crippen MR) is 59.6 cm³/mol. The Hall–Kier alpha value is -1.39. The van der Waals surface area contributed by atoms with Gasteiger partial charge in [-0.3, -0.25) is 0 Å². The van der Waals surface area contributed by atoms with Gasteiger partial charge in [-0.05, 0) is 26.2 Å². The minimum absolute atomic E-state index is 0.103. The van der Waals surface area contributed by atoms with Gasteiger partial charge in [-0.15, -0.1) is 0 Å². The monoisotopic (exact) mass is 227 g/mol. The molecule has 1 aliphatic carbocycles. The van der Waals surface area contributed by atoms with E-state index in [1.54, 1.807) is 0 Å². The van der Waals surface area contributed by atoms with Crippen LogP contribution in [0.1, 0.15) is 26.2 Å². The lowest BCUT2D eigenvalue weighted by atomic mass is 9.93. The average molecular weight is 227 g/mol. The molecule has 1 aromatic rings. The Kier molecular flexibility index (Phi) is 3.22. The highest BCUT2D eigenvalue weighted by atomic mass is 19.1. The Labute approximate surface area is 93.3 Å². The van der Waals surface area contributed by atoms with Gasteiger partial charge in [-0.2, -0.15) is 0 Å². The first kappa shape index (κ1) is 11.1. The molecule has 0 bridgehead atoms. The molecule has 3 nitrogen and oxygen atoms in total. The minimum atomic E-state index is -0.654. The fraction of sp³-hybridized carbons (Fsp3) is 0.545. The van der Waals surface area contributed by atoms with Crippen molar-refractivity contribution in [2.45, 2.75) is 32.2 Å². The smallest absolute Gasteiger partial charge is 0.168 e. The van der Waals surface area contributed by atoms with Crippen LogP contribution in [0.15, 0.2) is 6.07 Å². The van der Waals surface area contributed by atoms with Crippen molar-refractivity contribution in [1.29, 1.82) is 0 Å². The Morgan fingerprint density at radius 1 is 1.31 bits per heavy atom. The normalized spacial score (nSPS) is 15.7. The summed E-state index contributed by atoms with van der Waals surface area (Å²) in [6.07, 6.45) is 3.20. The predicted octanol–water partition coefficient (Wildman–Crippen LogP) is 2.76. The van der Waals surface area contributed by atoms with E-state index in [4.69, 9.17) is 0 Å². The van der Waals surface area contributed by atoms with Crippen molar-refractivity contribution >= 4 is 11.6 Å². The zero-order valence-corrected chi connectivity index (χ0v) is 9.19. The standard InChI is InChI=1S/C11H15F2N3/c1-2-14-10-8(12)6-9(13)11(16-10)15-7-4-3-5-7/h6-7H,2-5H2,1H3,(H2,14,15,16). The molecule has 1 heterocycles. The van der Waals surface area contributed by atoms with Gasteiger partial charge in [0.05, 0.1) is 0 Å². The van der Waals surface area contributed by atoms with Gasteiger partial charge in [0.2, 0.25) is 0 Å². The van der Waals surface area contributed by atoms with Crippen molar-refractivity contribution in [3.8, 4) is 0 Å². The first-order valence-corrected chi connectivity index (χ1v) is 5.57. The van der Waals surface area contributed by atoms with Crippen molar-refractivity contribution in [3.63, 3.8) is 0 Å². The molecule has 0 unspecified atom stereocenters. The second-order valence-electron chi connectivity index (χ2n) is 3.95. The molecule has 0 saturated heterocycles. The molecule has 1 fully saturated rings. The summed E-state index contributed by atoms with van der Waals surface area (Å²) in [5, 5.41) is 5.74. The SMILES string of the molecule is CCNc1nc(NC2CCC2)c(F)cc1F. The molecule has 0 spiro atoms. The Morgan fingerprint density at radius 2 is 2.00 bits per heavy atom. The van der Waals surface area contributed by atoms with Crippen LogP contribution in [0.2, 0.25) is 0 Å². The maximum Gasteiger partial charge on any atom is 0.168 e. The minimum Gasteiger partial charge on any atom is -0.368 e. The van der Waals surface area contributed by atoms with E-state index < -0.39 is 11.6 Å². The van der Waals surface area contributed by atoms with E-state index in [1.165, 1.54) is 0 Å². The largest absolute Gasteiger partial charge is 0.368 e. The highest BCUT2D eigenvalue weighted by Gasteiger charge is 2.20. The van der Waals surface area contributed by atoms with E-state index in [1.807, 2.05) is 6.92 Å². The Morgan fingerprint density at radius 3 is 2.56 bits per heavy atom. The summed E-state index contributed by atoms with van der Waals surface area (Å²) in [5.74, 6) is -1.04. The molecule has 2 N–H and O–H groups in total. The molecule has 0 amide bonds. The van der Waals surface area contributed by atoms with Crippen molar-refractivity contribution in [3.05, 3.63) is 17.7 Å². The first-order chi connectivity index (χ1) is 7.70. The third kappa shape index (κ3) is 2.23. The molecular formula is C11H15F2N3. The molecule has 0 radical (unpaired) electrons. The lowest BCUT2D eigenvalue weighted by Crippen LogP contribution is -2.28. The maximum absolute atomic E-state index is 13.4. The molecule has 88 valence electrons. The molecular weight excluding hydrogens is 212 g/mol. The van der Waals surface area contributed by atoms with Crippen LogP contribution in [0.4, 0.5) is 20.4 Å². The van der Waals surface area contributed by atoms with Crippen LogP contribution >= 0.6 is 0 Å². The van der Waals surface area contributed by atoms with Crippen LogP contribution in [0.3, 0.4) is 0 Å². The first-order valence-electron chi connectivity index (χ1n) is 5.57. The number of halogens is 2. The van der Waals surface area contributed by atoms with Gasteiger partial charge in [-0.25, -0.2) is 13.8 Å². The molecule has 0 aliphatic heterocycles. The summed E-state index contributed by atoms with van der Waals surface area (Å²) in [7, 11) is 0. The maximum atomic E-state index is 13.4. The number of rotatable bonds is 4. The van der Waals surface area contributed by atoms with Crippen LogP contribution in [0, 0.1) is 11.6 Å².